The van der Waals surface area contributed by atoms with Crippen LogP contribution < -0.4 is 5.32 Å². The van der Waals surface area contributed by atoms with Crippen LogP contribution >= 0.6 is 0 Å². The molecule has 0 bridgehead atoms. The average Bonchev–Trinajstić information content (AvgIpc) is 3.01. The van der Waals surface area contributed by atoms with E-state index in [1.54, 1.807) is 0 Å². The van der Waals surface area contributed by atoms with Gasteiger partial charge < -0.3 is 5.32 Å². The van der Waals surface area contributed by atoms with E-state index in [0.29, 0.717) is 30.6 Å². The lowest BCUT2D eigenvalue weighted by Crippen LogP contribution is -2.23. The van der Waals surface area contributed by atoms with Gasteiger partial charge in [0, 0.05) is 24.4 Å². The molecule has 1 unspecified atom stereocenters. The number of Topliss-reactive ketones (excluding diaryl/α,β-unsaturated/α-hetero) is 1. The van der Waals surface area contributed by atoms with E-state index in [1.165, 1.54) is 38.5 Å². The Bertz CT molecular complexity index is 847. The standard InChI is InChI=1S/C23H32N4O/c1-16-6-5-7-17(11-10-16)21(28)13-12-19-22-20(27-26-19)14-15-24-23(22)25-18-8-3-2-4-9-18/h11,14-16,18H,2-10,12-13H2,1H3,(H,24,25)(H,26,27). The highest BCUT2D eigenvalue weighted by atomic mass is 16.1. The third kappa shape index (κ3) is 4.45. The van der Waals surface area contributed by atoms with Crippen LogP contribution in [0, 0.1) is 5.92 Å². The van der Waals surface area contributed by atoms with E-state index >= 15 is 0 Å². The molecule has 0 aromatic carbocycles. The fraction of sp³-hybridized carbons (Fsp3) is 0.609. The molecule has 2 aliphatic rings. The predicted octanol–water partition coefficient (Wildman–Crippen LogP) is 5.34. The molecule has 28 heavy (non-hydrogen) atoms. The molecule has 2 N–H and O–H groups in total. The van der Waals surface area contributed by atoms with Crippen LogP contribution in [0.15, 0.2) is 23.9 Å². The minimum Gasteiger partial charge on any atom is -0.367 e. The van der Waals surface area contributed by atoms with Gasteiger partial charge in [0.1, 0.15) is 5.82 Å². The van der Waals surface area contributed by atoms with Gasteiger partial charge in [-0.2, -0.15) is 5.10 Å². The van der Waals surface area contributed by atoms with E-state index in [4.69, 9.17) is 0 Å². The Balaban J connectivity index is 1.47. The Kier molecular flexibility index (Phi) is 6.08. The Hall–Kier alpha value is -2.17. The Morgan fingerprint density at radius 3 is 2.93 bits per heavy atom. The van der Waals surface area contributed by atoms with Crippen LogP contribution in [-0.4, -0.2) is 27.0 Å². The number of aromatic nitrogens is 3. The zero-order chi connectivity index (χ0) is 19.3. The summed E-state index contributed by atoms with van der Waals surface area (Å²) in [7, 11) is 0. The molecule has 1 saturated carbocycles. The number of fused-ring (bicyclic) bond motifs is 1. The molecule has 2 heterocycles. The van der Waals surface area contributed by atoms with Gasteiger partial charge in [-0.25, -0.2) is 4.98 Å². The number of rotatable bonds is 6. The maximum Gasteiger partial charge on any atom is 0.158 e. The molecule has 1 fully saturated rings. The number of aryl methyl sites for hydroxylation is 1. The third-order valence-electron chi connectivity index (χ3n) is 6.36. The van der Waals surface area contributed by atoms with E-state index < -0.39 is 0 Å². The van der Waals surface area contributed by atoms with Crippen LogP contribution in [0.4, 0.5) is 5.82 Å². The smallest absolute Gasteiger partial charge is 0.158 e. The van der Waals surface area contributed by atoms with Crippen molar-refractivity contribution in [1.29, 1.82) is 0 Å². The first-order chi connectivity index (χ1) is 13.7. The first-order valence-electron chi connectivity index (χ1n) is 11.0. The Labute approximate surface area is 167 Å². The first-order valence-corrected chi connectivity index (χ1v) is 11.0. The summed E-state index contributed by atoms with van der Waals surface area (Å²) in [6, 6.07) is 2.44. The lowest BCUT2D eigenvalue weighted by atomic mass is 9.95. The van der Waals surface area contributed by atoms with Crippen molar-refractivity contribution in [3.05, 3.63) is 29.6 Å². The predicted molar refractivity (Wildman–Crippen MR) is 113 cm³/mol. The minimum atomic E-state index is 0.294. The second kappa shape index (κ2) is 8.89. The van der Waals surface area contributed by atoms with Gasteiger partial charge in [-0.05, 0) is 56.1 Å². The molecular weight excluding hydrogens is 348 g/mol. The molecule has 4 rings (SSSR count). The van der Waals surface area contributed by atoms with E-state index in [1.807, 2.05) is 12.3 Å². The monoisotopic (exact) mass is 380 g/mol. The molecule has 0 spiro atoms. The quantitative estimate of drug-likeness (QED) is 0.709. The molecular formula is C23H32N4O. The van der Waals surface area contributed by atoms with Crippen LogP contribution in [0.5, 0.6) is 0 Å². The molecule has 0 saturated heterocycles. The fourth-order valence-electron chi connectivity index (χ4n) is 4.61. The van der Waals surface area contributed by atoms with Crippen molar-refractivity contribution in [3.8, 4) is 0 Å². The summed E-state index contributed by atoms with van der Waals surface area (Å²) in [5.41, 5.74) is 2.99. The van der Waals surface area contributed by atoms with Gasteiger partial charge in [0.15, 0.2) is 5.78 Å². The number of allylic oxidation sites excluding steroid dienone is 2. The van der Waals surface area contributed by atoms with Gasteiger partial charge in [-0.1, -0.05) is 38.7 Å². The van der Waals surface area contributed by atoms with E-state index in [0.717, 1.165) is 47.3 Å². The number of ketones is 1. The normalized spacial score (nSPS) is 21.3. The molecule has 0 aliphatic heterocycles. The number of H-pyrrole nitrogens is 1. The maximum absolute atomic E-state index is 12.8. The zero-order valence-corrected chi connectivity index (χ0v) is 17.0. The summed E-state index contributed by atoms with van der Waals surface area (Å²) in [6.07, 6.45) is 15.9. The molecule has 150 valence electrons. The summed E-state index contributed by atoms with van der Waals surface area (Å²) < 4.78 is 0. The molecule has 1 atom stereocenters. The molecule has 0 amide bonds. The van der Waals surface area contributed by atoms with E-state index in [-0.39, 0.29) is 0 Å². The third-order valence-corrected chi connectivity index (χ3v) is 6.36. The van der Waals surface area contributed by atoms with Crippen molar-refractivity contribution < 1.29 is 4.79 Å². The van der Waals surface area contributed by atoms with Crippen LogP contribution in [0.3, 0.4) is 0 Å². The molecule has 2 aromatic rings. The van der Waals surface area contributed by atoms with Crippen LogP contribution in [-0.2, 0) is 11.2 Å². The lowest BCUT2D eigenvalue weighted by molar-refractivity contribution is -0.115. The molecule has 2 aromatic heterocycles. The summed E-state index contributed by atoms with van der Waals surface area (Å²) in [6.45, 7) is 2.27. The molecule has 2 aliphatic carbocycles. The summed E-state index contributed by atoms with van der Waals surface area (Å²) in [5, 5.41) is 12.3. The Morgan fingerprint density at radius 1 is 1.21 bits per heavy atom. The number of nitrogens with one attached hydrogen (secondary N) is 2. The second-order valence-electron chi connectivity index (χ2n) is 8.62. The topological polar surface area (TPSA) is 70.7 Å². The SMILES string of the molecule is CC1CC=C(C(=O)CCc2[nH]nc3ccnc(NC4CCCCC4)c23)CCC1. The van der Waals surface area contributed by atoms with Crippen LogP contribution in [0.2, 0.25) is 0 Å². The molecule has 5 heteroatoms. The van der Waals surface area contributed by atoms with Crippen LogP contribution in [0.1, 0.15) is 76.8 Å². The number of hydrogen-bond donors (Lipinski definition) is 2. The average molecular weight is 381 g/mol. The first kappa shape index (κ1) is 19.2. The van der Waals surface area contributed by atoms with Crippen molar-refractivity contribution in [2.45, 2.75) is 83.6 Å². The highest BCUT2D eigenvalue weighted by Crippen LogP contribution is 2.28. The highest BCUT2D eigenvalue weighted by molar-refractivity contribution is 5.96. The second-order valence-corrected chi connectivity index (χ2v) is 8.62. The van der Waals surface area contributed by atoms with Gasteiger partial charge >= 0.3 is 0 Å². The summed E-state index contributed by atoms with van der Waals surface area (Å²) >= 11 is 0. The minimum absolute atomic E-state index is 0.294. The lowest BCUT2D eigenvalue weighted by Gasteiger charge is -2.23. The highest BCUT2D eigenvalue weighted by Gasteiger charge is 2.19. The number of aromatic amines is 1. The van der Waals surface area contributed by atoms with Crippen molar-refractivity contribution in [3.63, 3.8) is 0 Å². The molecule has 5 nitrogen and oxygen atoms in total. The maximum atomic E-state index is 12.8. The largest absolute Gasteiger partial charge is 0.367 e. The number of carbonyl (C=O) groups is 1. The van der Waals surface area contributed by atoms with Crippen molar-refractivity contribution in [2.24, 2.45) is 5.92 Å². The Morgan fingerprint density at radius 2 is 2.07 bits per heavy atom. The number of anilines is 1. The van der Waals surface area contributed by atoms with Gasteiger partial charge in [0.25, 0.3) is 0 Å². The number of hydrogen-bond acceptors (Lipinski definition) is 4. The number of carbonyl (C=O) groups excluding carboxylic acids is 1. The number of nitrogens with zero attached hydrogens (tertiary/aromatic N) is 2. The van der Waals surface area contributed by atoms with Crippen molar-refractivity contribution in [1.82, 2.24) is 15.2 Å². The fourth-order valence-corrected chi connectivity index (χ4v) is 4.61. The molecule has 0 radical (unpaired) electrons. The number of pyridine rings is 1. The van der Waals surface area contributed by atoms with Gasteiger partial charge in [0.2, 0.25) is 0 Å². The van der Waals surface area contributed by atoms with E-state index in [9.17, 15) is 4.79 Å². The van der Waals surface area contributed by atoms with Crippen molar-refractivity contribution >= 4 is 22.5 Å². The zero-order valence-electron chi connectivity index (χ0n) is 17.0. The van der Waals surface area contributed by atoms with Gasteiger partial charge in [-0.15, -0.1) is 0 Å². The summed E-state index contributed by atoms with van der Waals surface area (Å²) in [5.74, 6) is 1.91. The van der Waals surface area contributed by atoms with E-state index in [2.05, 4.69) is 33.5 Å². The van der Waals surface area contributed by atoms with Crippen LogP contribution in [0.25, 0.3) is 10.9 Å². The van der Waals surface area contributed by atoms with Gasteiger partial charge in [-0.3, -0.25) is 9.89 Å². The van der Waals surface area contributed by atoms with Crippen molar-refractivity contribution in [2.75, 3.05) is 5.32 Å². The summed E-state index contributed by atoms with van der Waals surface area (Å²) in [4.78, 5) is 17.4. The van der Waals surface area contributed by atoms with Gasteiger partial charge in [0.05, 0.1) is 10.9 Å².